The summed E-state index contributed by atoms with van der Waals surface area (Å²) in [6.45, 7) is 0. The first-order chi connectivity index (χ1) is 11.7. The van der Waals surface area contributed by atoms with E-state index in [4.69, 9.17) is 9.47 Å². The maximum atomic E-state index is 12.4. The quantitative estimate of drug-likeness (QED) is 0.740. The second-order valence-electron chi connectivity index (χ2n) is 5.01. The molecule has 6 nitrogen and oxygen atoms in total. The van der Waals surface area contributed by atoms with Crippen LogP contribution >= 0.6 is 11.3 Å². The first-order valence-corrected chi connectivity index (χ1v) is 8.07. The number of aromatic nitrogens is 1. The second kappa shape index (κ2) is 6.76. The molecule has 0 aliphatic heterocycles. The summed E-state index contributed by atoms with van der Waals surface area (Å²) < 4.78 is 13.5. The predicted molar refractivity (Wildman–Crippen MR) is 93.4 cm³/mol. The number of rotatable bonds is 4. The average molecular weight is 343 g/mol. The molecule has 0 aliphatic rings. The number of carbonyl (C=O) groups is 1. The van der Waals surface area contributed by atoms with Gasteiger partial charge in [-0.05, 0) is 24.3 Å². The van der Waals surface area contributed by atoms with Gasteiger partial charge in [-0.2, -0.15) is 0 Å². The number of hydrogen-bond acceptors (Lipinski definition) is 5. The Morgan fingerprint density at radius 2 is 1.92 bits per heavy atom. The van der Waals surface area contributed by atoms with Crippen LogP contribution in [0, 0.1) is 0 Å². The molecule has 0 aliphatic carbocycles. The maximum Gasteiger partial charge on any atom is 0.275 e. The molecule has 3 aromatic rings. The Kier molecular flexibility index (Phi) is 4.52. The van der Waals surface area contributed by atoms with Crippen LogP contribution in [0.1, 0.15) is 10.4 Å². The molecular weight excluding hydrogens is 326 g/mol. The Balaban J connectivity index is 1.94. The van der Waals surface area contributed by atoms with Crippen molar-refractivity contribution in [1.29, 1.82) is 0 Å². The van der Waals surface area contributed by atoms with Crippen molar-refractivity contribution in [2.45, 2.75) is 0 Å². The number of nitrogens with zero attached hydrogens (tertiary/aromatic N) is 2. The van der Waals surface area contributed by atoms with E-state index in [1.807, 2.05) is 35.9 Å². The van der Waals surface area contributed by atoms with Gasteiger partial charge in [0, 0.05) is 7.05 Å². The van der Waals surface area contributed by atoms with Crippen molar-refractivity contribution in [2.75, 3.05) is 14.2 Å². The molecule has 3 rings (SSSR count). The summed E-state index contributed by atoms with van der Waals surface area (Å²) >= 11 is 1.50. The number of methoxy groups -OCH3 is 2. The zero-order valence-corrected chi connectivity index (χ0v) is 14.4. The molecule has 0 saturated heterocycles. The summed E-state index contributed by atoms with van der Waals surface area (Å²) in [6.07, 6.45) is 0. The SMILES string of the molecule is COc1cccc(C(=O)N/N=c2\sc3ccccc3n2C)c1OC. The van der Waals surface area contributed by atoms with Gasteiger partial charge in [0.15, 0.2) is 11.5 Å². The van der Waals surface area contributed by atoms with Crippen LogP contribution in [0.5, 0.6) is 11.5 Å². The minimum atomic E-state index is -0.358. The molecule has 0 saturated carbocycles. The van der Waals surface area contributed by atoms with Crippen molar-refractivity contribution >= 4 is 27.5 Å². The number of carbonyl (C=O) groups excluding carboxylic acids is 1. The Bertz CT molecular complexity index is 959. The van der Waals surface area contributed by atoms with E-state index in [1.54, 1.807) is 18.2 Å². The minimum Gasteiger partial charge on any atom is -0.493 e. The molecule has 7 heteroatoms. The average Bonchev–Trinajstić information content (AvgIpc) is 2.95. The van der Waals surface area contributed by atoms with Gasteiger partial charge in [-0.3, -0.25) is 4.79 Å². The van der Waals surface area contributed by atoms with E-state index >= 15 is 0 Å². The number of amides is 1. The molecule has 1 amide bonds. The fourth-order valence-electron chi connectivity index (χ4n) is 2.41. The monoisotopic (exact) mass is 343 g/mol. The fraction of sp³-hybridized carbons (Fsp3) is 0.176. The second-order valence-corrected chi connectivity index (χ2v) is 6.01. The van der Waals surface area contributed by atoms with Crippen molar-refractivity contribution in [1.82, 2.24) is 9.99 Å². The lowest BCUT2D eigenvalue weighted by atomic mass is 10.2. The molecule has 0 atom stereocenters. The molecule has 0 radical (unpaired) electrons. The zero-order valence-electron chi connectivity index (χ0n) is 13.6. The lowest BCUT2D eigenvalue weighted by Gasteiger charge is -2.10. The highest BCUT2D eigenvalue weighted by Gasteiger charge is 2.16. The van der Waals surface area contributed by atoms with Crippen LogP contribution in [0.25, 0.3) is 10.2 Å². The van der Waals surface area contributed by atoms with Gasteiger partial charge in [0.2, 0.25) is 4.80 Å². The number of nitrogens with one attached hydrogen (secondary N) is 1. The molecule has 0 bridgehead atoms. The number of benzene rings is 2. The predicted octanol–water partition coefficient (Wildman–Crippen LogP) is 2.50. The summed E-state index contributed by atoms with van der Waals surface area (Å²) in [5.74, 6) is 0.522. The van der Waals surface area contributed by atoms with E-state index in [2.05, 4.69) is 10.5 Å². The van der Waals surface area contributed by atoms with E-state index in [1.165, 1.54) is 25.6 Å². The summed E-state index contributed by atoms with van der Waals surface area (Å²) in [6, 6.07) is 13.1. The van der Waals surface area contributed by atoms with Crippen LogP contribution in [0.3, 0.4) is 0 Å². The van der Waals surface area contributed by atoms with Crippen molar-refractivity contribution in [3.8, 4) is 11.5 Å². The van der Waals surface area contributed by atoms with Gasteiger partial charge in [0.1, 0.15) is 0 Å². The largest absolute Gasteiger partial charge is 0.493 e. The molecule has 2 aromatic carbocycles. The van der Waals surface area contributed by atoms with Crippen LogP contribution in [0.15, 0.2) is 47.6 Å². The highest BCUT2D eigenvalue weighted by atomic mass is 32.1. The lowest BCUT2D eigenvalue weighted by molar-refractivity contribution is 0.0949. The zero-order chi connectivity index (χ0) is 17.1. The first kappa shape index (κ1) is 16.1. The number of ether oxygens (including phenoxy) is 2. The van der Waals surface area contributed by atoms with Crippen LogP contribution in [0.2, 0.25) is 0 Å². The fourth-order valence-corrected chi connectivity index (χ4v) is 3.39. The third-order valence-corrected chi connectivity index (χ3v) is 4.73. The van der Waals surface area contributed by atoms with E-state index < -0.39 is 0 Å². The lowest BCUT2D eigenvalue weighted by Crippen LogP contribution is -2.23. The number of thiazole rings is 1. The van der Waals surface area contributed by atoms with Gasteiger partial charge < -0.3 is 14.0 Å². The standard InChI is InChI=1S/C17H17N3O3S/c1-20-12-8-4-5-10-14(12)24-17(20)19-18-16(21)11-7-6-9-13(22-2)15(11)23-3/h4-10H,1-3H3,(H,18,21)/b19-17-. The van der Waals surface area contributed by atoms with Crippen molar-refractivity contribution in [2.24, 2.45) is 12.1 Å². The highest BCUT2D eigenvalue weighted by Crippen LogP contribution is 2.30. The van der Waals surface area contributed by atoms with E-state index in [-0.39, 0.29) is 5.91 Å². The van der Waals surface area contributed by atoms with Crippen molar-refractivity contribution < 1.29 is 14.3 Å². The highest BCUT2D eigenvalue weighted by molar-refractivity contribution is 7.16. The van der Waals surface area contributed by atoms with E-state index in [9.17, 15) is 4.79 Å². The van der Waals surface area contributed by atoms with Gasteiger partial charge >= 0.3 is 0 Å². The van der Waals surface area contributed by atoms with Crippen LogP contribution < -0.4 is 19.7 Å². The van der Waals surface area contributed by atoms with E-state index in [0.29, 0.717) is 21.9 Å². The molecular formula is C17H17N3O3S. The molecule has 124 valence electrons. The first-order valence-electron chi connectivity index (χ1n) is 7.25. The number of para-hydroxylation sites is 2. The Morgan fingerprint density at radius 1 is 1.12 bits per heavy atom. The van der Waals surface area contributed by atoms with E-state index in [0.717, 1.165) is 10.2 Å². The van der Waals surface area contributed by atoms with Crippen LogP contribution in [-0.2, 0) is 7.05 Å². The summed E-state index contributed by atoms with van der Waals surface area (Å²) in [5.41, 5.74) is 4.01. The molecule has 1 heterocycles. The normalized spacial score (nSPS) is 11.5. The van der Waals surface area contributed by atoms with Gasteiger partial charge in [0.05, 0.1) is 30.0 Å². The Hall–Kier alpha value is -2.80. The molecule has 0 fully saturated rings. The van der Waals surface area contributed by atoms with Crippen LogP contribution in [0.4, 0.5) is 0 Å². The van der Waals surface area contributed by atoms with Crippen LogP contribution in [-0.4, -0.2) is 24.7 Å². The van der Waals surface area contributed by atoms with Crippen molar-refractivity contribution in [3.63, 3.8) is 0 Å². The third kappa shape index (κ3) is 2.85. The Labute approximate surface area is 143 Å². The molecule has 0 spiro atoms. The molecule has 0 unspecified atom stereocenters. The van der Waals surface area contributed by atoms with Crippen molar-refractivity contribution in [3.05, 3.63) is 52.8 Å². The van der Waals surface area contributed by atoms with Gasteiger partial charge in [-0.25, -0.2) is 5.43 Å². The Morgan fingerprint density at radius 3 is 2.62 bits per heavy atom. The minimum absolute atomic E-state index is 0.358. The topological polar surface area (TPSA) is 64.8 Å². The third-order valence-electron chi connectivity index (χ3n) is 3.62. The number of hydrogen-bond donors (Lipinski definition) is 1. The maximum absolute atomic E-state index is 12.4. The smallest absolute Gasteiger partial charge is 0.275 e. The molecule has 24 heavy (non-hydrogen) atoms. The summed E-state index contributed by atoms with van der Waals surface area (Å²) in [5, 5.41) is 4.24. The van der Waals surface area contributed by atoms with Gasteiger partial charge in [0.25, 0.3) is 5.91 Å². The number of fused-ring (bicyclic) bond motifs is 1. The molecule has 1 aromatic heterocycles. The van der Waals surface area contributed by atoms with Gasteiger partial charge in [-0.1, -0.05) is 29.5 Å². The van der Waals surface area contributed by atoms with Gasteiger partial charge in [-0.15, -0.1) is 5.10 Å². The summed E-state index contributed by atoms with van der Waals surface area (Å²) in [4.78, 5) is 13.1. The molecule has 1 N–H and O–H groups in total. The number of aryl methyl sites for hydroxylation is 1. The summed E-state index contributed by atoms with van der Waals surface area (Å²) in [7, 11) is 4.94.